The molecular formula is C17H26ClN5O3. The van der Waals surface area contributed by atoms with Gasteiger partial charge in [0.05, 0.1) is 0 Å². The normalized spacial score (nSPS) is 14.3. The molecule has 1 fully saturated rings. The van der Waals surface area contributed by atoms with Gasteiger partial charge in [0.2, 0.25) is 5.88 Å². The Morgan fingerprint density at radius 2 is 2.00 bits per heavy atom. The van der Waals surface area contributed by atoms with Crippen molar-refractivity contribution in [1.82, 2.24) is 19.5 Å². The number of halogens is 1. The third-order valence-electron chi connectivity index (χ3n) is 4.25. The van der Waals surface area contributed by atoms with Crippen LogP contribution in [0.1, 0.15) is 56.5 Å². The van der Waals surface area contributed by atoms with E-state index in [1.807, 2.05) is 27.7 Å². The Labute approximate surface area is 157 Å². The molecule has 0 unspecified atom stereocenters. The fraction of sp³-hybridized carbons (Fsp3) is 0.588. The summed E-state index contributed by atoms with van der Waals surface area (Å²) in [6, 6.07) is 0.0759. The minimum Gasteiger partial charge on any atom is -0.492 e. The molecule has 0 aromatic carbocycles. The zero-order chi connectivity index (χ0) is 18.5. The van der Waals surface area contributed by atoms with Gasteiger partial charge in [-0.1, -0.05) is 27.7 Å². The number of nitrogen functional groups attached to an aromatic ring is 1. The maximum Gasteiger partial charge on any atom is 0.270 e. The van der Waals surface area contributed by atoms with E-state index < -0.39 is 17.3 Å². The second-order valence-electron chi connectivity index (χ2n) is 7.85. The minimum atomic E-state index is -0.568. The molecule has 0 atom stereocenters. The van der Waals surface area contributed by atoms with Crippen molar-refractivity contribution < 1.29 is 9.90 Å². The number of carbonyl (C=O) groups excluding carboxylic acids is 1. The molecule has 0 saturated heterocycles. The first-order chi connectivity index (χ1) is 11.6. The lowest BCUT2D eigenvalue weighted by Gasteiger charge is -2.22. The average Bonchev–Trinajstić information content (AvgIpc) is 3.23. The predicted octanol–water partition coefficient (Wildman–Crippen LogP) is 1.71. The number of carbonyl (C=O) groups is 1. The van der Waals surface area contributed by atoms with E-state index in [2.05, 4.69) is 10.4 Å². The van der Waals surface area contributed by atoms with E-state index in [4.69, 9.17) is 5.73 Å². The van der Waals surface area contributed by atoms with Crippen molar-refractivity contribution in [3.05, 3.63) is 21.5 Å². The van der Waals surface area contributed by atoms with Crippen LogP contribution in [0.25, 0.3) is 5.65 Å². The number of hydrogen-bond acceptors (Lipinski definition) is 5. The largest absolute Gasteiger partial charge is 0.492 e. The van der Waals surface area contributed by atoms with Crippen LogP contribution in [0.15, 0.2) is 4.79 Å². The number of anilines is 1. The number of hydrogen-bond donors (Lipinski definition) is 3. The molecule has 0 bridgehead atoms. The molecule has 1 aliphatic rings. The Morgan fingerprint density at radius 1 is 1.38 bits per heavy atom. The first kappa shape index (κ1) is 20.1. The highest BCUT2D eigenvalue weighted by molar-refractivity contribution is 5.96. The number of rotatable bonds is 4. The van der Waals surface area contributed by atoms with Gasteiger partial charge in [-0.25, -0.2) is 0 Å². The Morgan fingerprint density at radius 3 is 2.50 bits per heavy atom. The van der Waals surface area contributed by atoms with Gasteiger partial charge in [0.15, 0.2) is 11.4 Å². The molecule has 4 N–H and O–H groups in total. The van der Waals surface area contributed by atoms with Crippen LogP contribution in [0.3, 0.4) is 0 Å². The summed E-state index contributed by atoms with van der Waals surface area (Å²) >= 11 is 0. The van der Waals surface area contributed by atoms with Crippen molar-refractivity contribution in [2.45, 2.75) is 59.5 Å². The summed E-state index contributed by atoms with van der Waals surface area (Å²) in [5.74, 6) is -0.781. The Balaban J connectivity index is 0.00000243. The number of nitrogens with two attached hydrogens (primary N) is 1. The summed E-state index contributed by atoms with van der Waals surface area (Å²) in [6.45, 7) is 8.27. The summed E-state index contributed by atoms with van der Waals surface area (Å²) in [7, 11) is 0. The zero-order valence-corrected chi connectivity index (χ0v) is 16.3. The van der Waals surface area contributed by atoms with Crippen LogP contribution < -0.4 is 16.6 Å². The second kappa shape index (κ2) is 6.83. The van der Waals surface area contributed by atoms with Gasteiger partial charge < -0.3 is 16.2 Å². The molecule has 26 heavy (non-hydrogen) atoms. The molecule has 1 saturated carbocycles. The highest BCUT2D eigenvalue weighted by atomic mass is 35.5. The quantitative estimate of drug-likeness (QED) is 0.743. The van der Waals surface area contributed by atoms with E-state index in [-0.39, 0.29) is 35.2 Å². The maximum absolute atomic E-state index is 13.1. The summed E-state index contributed by atoms with van der Waals surface area (Å²) in [4.78, 5) is 25.6. The van der Waals surface area contributed by atoms with E-state index in [9.17, 15) is 14.7 Å². The molecule has 2 heterocycles. The van der Waals surface area contributed by atoms with Crippen molar-refractivity contribution in [1.29, 1.82) is 0 Å². The van der Waals surface area contributed by atoms with Crippen LogP contribution in [0.4, 0.5) is 5.82 Å². The molecule has 1 aliphatic carbocycles. The highest BCUT2D eigenvalue weighted by Gasteiger charge is 2.31. The van der Waals surface area contributed by atoms with Gasteiger partial charge in [-0.05, 0) is 24.7 Å². The molecule has 0 radical (unpaired) electrons. The van der Waals surface area contributed by atoms with Crippen LogP contribution in [0, 0.1) is 5.41 Å². The monoisotopic (exact) mass is 383 g/mol. The summed E-state index contributed by atoms with van der Waals surface area (Å²) in [5, 5.41) is 17.5. The fourth-order valence-corrected chi connectivity index (χ4v) is 2.96. The van der Waals surface area contributed by atoms with Gasteiger partial charge in [-0.15, -0.1) is 17.5 Å². The molecule has 8 nitrogen and oxygen atoms in total. The van der Waals surface area contributed by atoms with Gasteiger partial charge in [0, 0.05) is 18.2 Å². The van der Waals surface area contributed by atoms with Crippen molar-refractivity contribution in [3.63, 3.8) is 0 Å². The van der Waals surface area contributed by atoms with E-state index >= 15 is 0 Å². The smallest absolute Gasteiger partial charge is 0.270 e. The lowest BCUT2D eigenvalue weighted by Crippen LogP contribution is -2.37. The number of amides is 1. The number of fused-ring (bicyclic) bond motifs is 1. The Kier molecular flexibility index (Phi) is 5.28. The fourth-order valence-electron chi connectivity index (χ4n) is 2.96. The van der Waals surface area contributed by atoms with E-state index in [1.54, 1.807) is 0 Å². The van der Waals surface area contributed by atoms with Crippen molar-refractivity contribution >= 4 is 29.8 Å². The second-order valence-corrected chi connectivity index (χ2v) is 7.85. The number of nitrogens with zero attached hydrogens (tertiary/aromatic N) is 3. The molecule has 0 spiro atoms. The molecule has 0 aliphatic heterocycles. The average molecular weight is 384 g/mol. The predicted molar refractivity (Wildman–Crippen MR) is 102 cm³/mol. The molecule has 1 amide bonds. The Bertz CT molecular complexity index is 906. The number of nitrogens with one attached hydrogen (secondary N) is 1. The van der Waals surface area contributed by atoms with Crippen LogP contribution in [0.2, 0.25) is 0 Å². The zero-order valence-electron chi connectivity index (χ0n) is 15.5. The van der Waals surface area contributed by atoms with Gasteiger partial charge in [0.25, 0.3) is 11.5 Å². The first-order valence-corrected chi connectivity index (χ1v) is 8.57. The molecule has 2 aromatic rings. The molecule has 9 heteroatoms. The molecule has 2 aromatic heterocycles. The van der Waals surface area contributed by atoms with E-state index in [0.29, 0.717) is 24.2 Å². The van der Waals surface area contributed by atoms with Gasteiger partial charge in [-0.2, -0.15) is 4.52 Å². The first-order valence-electron chi connectivity index (χ1n) is 8.57. The van der Waals surface area contributed by atoms with Gasteiger partial charge in [-0.3, -0.25) is 14.2 Å². The lowest BCUT2D eigenvalue weighted by molar-refractivity contribution is 0.0944. The maximum atomic E-state index is 13.1. The number of aromatic hydroxyl groups is 1. The molecule has 3 rings (SSSR count). The third-order valence-corrected chi connectivity index (χ3v) is 4.25. The van der Waals surface area contributed by atoms with Crippen molar-refractivity contribution in [2.24, 2.45) is 5.41 Å². The lowest BCUT2D eigenvalue weighted by atomic mass is 9.96. The molecule has 144 valence electrons. The highest BCUT2D eigenvalue weighted by Crippen LogP contribution is 2.27. The summed E-state index contributed by atoms with van der Waals surface area (Å²) in [5.41, 5.74) is 6.09. The van der Waals surface area contributed by atoms with E-state index in [0.717, 1.165) is 12.8 Å². The summed E-state index contributed by atoms with van der Waals surface area (Å²) < 4.78 is 2.72. The minimum absolute atomic E-state index is 0. The topological polar surface area (TPSA) is 115 Å². The number of aryl methyl sites for hydroxylation is 1. The van der Waals surface area contributed by atoms with Crippen LogP contribution in [-0.4, -0.2) is 31.2 Å². The summed E-state index contributed by atoms with van der Waals surface area (Å²) in [6.07, 6.45) is 2.34. The van der Waals surface area contributed by atoms with Crippen LogP contribution in [-0.2, 0) is 13.0 Å². The van der Waals surface area contributed by atoms with Crippen LogP contribution >= 0.6 is 12.4 Å². The van der Waals surface area contributed by atoms with Crippen molar-refractivity contribution in [3.8, 4) is 5.88 Å². The molecular weight excluding hydrogens is 358 g/mol. The SMILES string of the molecule is CCc1c(N)nn2c(O)c(C(=O)NC3CC3)c(=O)n(CC(C)(C)C)c12.Cl. The van der Waals surface area contributed by atoms with E-state index in [1.165, 1.54) is 9.08 Å². The van der Waals surface area contributed by atoms with Crippen molar-refractivity contribution in [2.75, 3.05) is 5.73 Å². The third kappa shape index (κ3) is 3.51. The van der Waals surface area contributed by atoms with Gasteiger partial charge in [0.1, 0.15) is 5.65 Å². The number of aromatic nitrogens is 3. The Hall–Kier alpha value is -2.22. The van der Waals surface area contributed by atoms with Crippen LogP contribution in [0.5, 0.6) is 5.88 Å². The van der Waals surface area contributed by atoms with Gasteiger partial charge >= 0.3 is 0 Å². The standard InChI is InChI=1S/C17H25N5O3.ClH/c1-5-10-12(18)20-22-14(10)21(8-17(2,3)4)15(24)11(16(22)25)13(23)19-9-6-7-9;/h9,25H,5-8H2,1-4H3,(H2,18,20)(H,19,23);1H.